The van der Waals surface area contributed by atoms with Gasteiger partial charge in [0.1, 0.15) is 0 Å². The number of hydrogen-bond acceptors (Lipinski definition) is 2. The Bertz CT molecular complexity index is 419. The van der Waals surface area contributed by atoms with E-state index in [1.165, 1.54) is 16.0 Å². The summed E-state index contributed by atoms with van der Waals surface area (Å²) in [7, 11) is 0. The summed E-state index contributed by atoms with van der Waals surface area (Å²) in [5, 5.41) is 0. The van der Waals surface area contributed by atoms with Crippen LogP contribution in [0.5, 0.6) is 0 Å². The predicted octanol–water partition coefficient (Wildman–Crippen LogP) is 0.695. The third kappa shape index (κ3) is 2.85. The number of aryl methyl sites for hydroxylation is 1. The number of aromatic nitrogens is 1. The predicted molar refractivity (Wildman–Crippen MR) is 61.4 cm³/mol. The Labute approximate surface area is 117 Å². The van der Waals surface area contributed by atoms with E-state index in [0.717, 1.165) is 5.69 Å². The van der Waals surface area contributed by atoms with Gasteiger partial charge in [0.15, 0.2) is 0 Å². The van der Waals surface area contributed by atoms with Crippen molar-refractivity contribution < 1.29 is 29.6 Å². The molecule has 0 amide bonds. The molecular formula is C12H12NNaS. The van der Waals surface area contributed by atoms with Crippen molar-refractivity contribution in [3.05, 3.63) is 47.5 Å². The van der Waals surface area contributed by atoms with Crippen molar-refractivity contribution in [3.8, 4) is 10.4 Å². The molecule has 15 heavy (non-hydrogen) atoms. The van der Waals surface area contributed by atoms with Crippen LogP contribution in [0.4, 0.5) is 0 Å². The zero-order valence-electron chi connectivity index (χ0n) is 9.32. The summed E-state index contributed by atoms with van der Waals surface area (Å²) >= 11 is 1.69. The second-order valence-electron chi connectivity index (χ2n) is 3.18. The molecule has 0 aliphatic carbocycles. The van der Waals surface area contributed by atoms with Crippen LogP contribution in [-0.2, 0) is 0 Å². The Hall–Kier alpha value is -0.280. The first-order chi connectivity index (χ1) is 6.81. The molecule has 0 aliphatic rings. The van der Waals surface area contributed by atoms with E-state index < -0.39 is 0 Å². The fourth-order valence-corrected chi connectivity index (χ4v) is 2.22. The van der Waals surface area contributed by atoms with Crippen molar-refractivity contribution in [1.82, 2.24) is 4.98 Å². The van der Waals surface area contributed by atoms with Crippen molar-refractivity contribution in [1.29, 1.82) is 0 Å². The molecule has 2 rings (SSSR count). The molecule has 0 aliphatic heterocycles. The van der Waals surface area contributed by atoms with Gasteiger partial charge in [0.25, 0.3) is 0 Å². The van der Waals surface area contributed by atoms with Gasteiger partial charge in [-0.3, -0.25) is 0 Å². The molecule has 0 N–H and O–H groups in total. The molecule has 3 heteroatoms. The summed E-state index contributed by atoms with van der Waals surface area (Å²) in [6.45, 7) is 4.10. The minimum Gasteiger partial charge on any atom is -0.249 e. The van der Waals surface area contributed by atoms with Crippen LogP contribution in [0.15, 0.2) is 29.8 Å². The van der Waals surface area contributed by atoms with Gasteiger partial charge in [-0.1, -0.05) is 6.92 Å². The van der Waals surface area contributed by atoms with Crippen LogP contribution in [-0.4, -0.2) is 4.98 Å². The van der Waals surface area contributed by atoms with E-state index in [0.29, 0.717) is 0 Å². The molecule has 0 saturated heterocycles. The van der Waals surface area contributed by atoms with Gasteiger partial charge in [0.05, 0.1) is 16.1 Å². The summed E-state index contributed by atoms with van der Waals surface area (Å²) in [6.07, 6.45) is 2.10. The van der Waals surface area contributed by atoms with E-state index in [4.69, 9.17) is 0 Å². The Balaban J connectivity index is 0.00000112. The van der Waals surface area contributed by atoms with Crippen LogP contribution in [0, 0.1) is 13.3 Å². The third-order valence-electron chi connectivity index (χ3n) is 2.25. The van der Waals surface area contributed by atoms with Gasteiger partial charge in [-0.15, -0.1) is 23.5 Å². The fourth-order valence-electron chi connectivity index (χ4n) is 1.41. The fraction of sp³-hybridized carbons (Fsp3) is 0.167. The minimum absolute atomic E-state index is 0. The molecule has 0 fully saturated rings. The van der Waals surface area contributed by atoms with Crippen LogP contribution in [0.25, 0.3) is 10.4 Å². The number of rotatable bonds is 2. The maximum atomic E-state index is 4.25. The zero-order chi connectivity index (χ0) is 9.97. The minimum atomic E-state index is 0. The Morgan fingerprint density at radius 1 is 1.20 bits per heavy atom. The van der Waals surface area contributed by atoms with Crippen LogP contribution in [0.1, 0.15) is 18.2 Å². The topological polar surface area (TPSA) is 12.9 Å². The molecule has 1 aromatic carbocycles. The first-order valence-corrected chi connectivity index (χ1v) is 5.49. The SMILES string of the molecule is C[CH-]c1ccc(-c2scnc2C)cc1.[Na+]. The van der Waals surface area contributed by atoms with E-state index in [1.54, 1.807) is 11.3 Å². The maximum absolute atomic E-state index is 4.25. The van der Waals surface area contributed by atoms with Crippen molar-refractivity contribution in [2.24, 2.45) is 0 Å². The normalized spacial score (nSPS) is 9.47. The molecule has 0 spiro atoms. The van der Waals surface area contributed by atoms with Crippen LogP contribution in [0.3, 0.4) is 0 Å². The molecule has 1 aromatic heterocycles. The van der Waals surface area contributed by atoms with Gasteiger partial charge in [0, 0.05) is 0 Å². The third-order valence-corrected chi connectivity index (χ3v) is 3.23. The van der Waals surface area contributed by atoms with Crippen LogP contribution in [0.2, 0.25) is 0 Å². The quantitative estimate of drug-likeness (QED) is 0.541. The van der Waals surface area contributed by atoms with Crippen molar-refractivity contribution in [2.75, 3.05) is 0 Å². The van der Waals surface area contributed by atoms with Gasteiger partial charge in [-0.2, -0.15) is 24.1 Å². The number of nitrogens with zero attached hydrogens (tertiary/aromatic N) is 1. The van der Waals surface area contributed by atoms with E-state index in [9.17, 15) is 0 Å². The second-order valence-corrected chi connectivity index (χ2v) is 4.03. The average molecular weight is 225 g/mol. The van der Waals surface area contributed by atoms with Crippen LogP contribution < -0.4 is 29.6 Å². The van der Waals surface area contributed by atoms with Gasteiger partial charge in [0.2, 0.25) is 0 Å². The first kappa shape index (κ1) is 12.8. The molecule has 0 atom stereocenters. The largest absolute Gasteiger partial charge is 1.00 e. The maximum Gasteiger partial charge on any atom is 1.00 e. The van der Waals surface area contributed by atoms with Gasteiger partial charge in [-0.25, -0.2) is 4.98 Å². The van der Waals surface area contributed by atoms with E-state index >= 15 is 0 Å². The van der Waals surface area contributed by atoms with E-state index in [1.807, 2.05) is 19.4 Å². The standard InChI is InChI=1S/C12H12NS.Na/c1-3-10-4-6-11(7-5-10)12-9(2)13-8-14-12;/h3-8H,1-2H3;/q-1;+1. The van der Waals surface area contributed by atoms with Gasteiger partial charge >= 0.3 is 29.6 Å². The molecule has 2 aromatic rings. The summed E-state index contributed by atoms with van der Waals surface area (Å²) in [5.41, 5.74) is 5.53. The van der Waals surface area contributed by atoms with Crippen molar-refractivity contribution in [3.63, 3.8) is 0 Å². The summed E-state index contributed by atoms with van der Waals surface area (Å²) in [4.78, 5) is 5.52. The smallest absolute Gasteiger partial charge is 0.249 e. The molecule has 0 radical (unpaired) electrons. The molecule has 1 nitrogen and oxygen atoms in total. The Kier molecular flexibility index (Phi) is 4.87. The molecule has 72 valence electrons. The Morgan fingerprint density at radius 3 is 2.33 bits per heavy atom. The van der Waals surface area contributed by atoms with Gasteiger partial charge in [-0.05, 0) is 12.5 Å². The van der Waals surface area contributed by atoms with Gasteiger partial charge < -0.3 is 0 Å². The molecule has 1 heterocycles. The van der Waals surface area contributed by atoms with Crippen molar-refractivity contribution >= 4 is 11.3 Å². The van der Waals surface area contributed by atoms with Crippen molar-refractivity contribution in [2.45, 2.75) is 13.8 Å². The zero-order valence-corrected chi connectivity index (χ0v) is 12.1. The number of benzene rings is 1. The van der Waals surface area contributed by atoms with Crippen LogP contribution >= 0.6 is 11.3 Å². The summed E-state index contributed by atoms with van der Waals surface area (Å²) in [6, 6.07) is 8.56. The summed E-state index contributed by atoms with van der Waals surface area (Å²) in [5.74, 6) is 0. The Morgan fingerprint density at radius 2 is 1.87 bits per heavy atom. The monoisotopic (exact) mass is 225 g/mol. The molecular weight excluding hydrogens is 213 g/mol. The number of thiazole rings is 1. The number of hydrogen-bond donors (Lipinski definition) is 0. The van der Waals surface area contributed by atoms with E-state index in [-0.39, 0.29) is 29.6 Å². The molecule has 0 unspecified atom stereocenters. The summed E-state index contributed by atoms with van der Waals surface area (Å²) < 4.78 is 0. The molecule has 0 bridgehead atoms. The first-order valence-electron chi connectivity index (χ1n) is 4.61. The molecule has 0 saturated carbocycles. The average Bonchev–Trinajstić information content (AvgIpc) is 2.65. The van der Waals surface area contributed by atoms with E-state index in [2.05, 4.69) is 35.7 Å². The second kappa shape index (κ2) is 5.71.